The van der Waals surface area contributed by atoms with Crippen LogP contribution in [0.2, 0.25) is 0 Å². The summed E-state index contributed by atoms with van der Waals surface area (Å²) in [5.41, 5.74) is 0.915. The van der Waals surface area contributed by atoms with Gasteiger partial charge in [-0.15, -0.1) is 0 Å². The van der Waals surface area contributed by atoms with Crippen molar-refractivity contribution in [2.45, 2.75) is 32.5 Å². The highest BCUT2D eigenvalue weighted by molar-refractivity contribution is 5.78. The molecular weight excluding hydrogens is 319 g/mol. The summed E-state index contributed by atoms with van der Waals surface area (Å²) in [4.78, 5) is 12.3. The number of halogens is 3. The van der Waals surface area contributed by atoms with E-state index < -0.39 is 11.7 Å². The molecule has 1 aromatic carbocycles. The lowest BCUT2D eigenvalue weighted by Gasteiger charge is -2.16. The van der Waals surface area contributed by atoms with Gasteiger partial charge in [0.25, 0.3) is 0 Å². The average molecular weight is 339 g/mol. The van der Waals surface area contributed by atoms with Crippen molar-refractivity contribution >= 4 is 5.91 Å². The van der Waals surface area contributed by atoms with E-state index in [0.29, 0.717) is 24.9 Å². The predicted molar refractivity (Wildman–Crippen MR) is 84.0 cm³/mol. The Morgan fingerprint density at radius 2 is 1.92 bits per heavy atom. The molecule has 1 atom stereocenters. The fraction of sp³-hybridized carbons (Fsp3) is 0.412. The zero-order valence-corrected chi connectivity index (χ0v) is 13.6. The van der Waals surface area contributed by atoms with Crippen molar-refractivity contribution in [1.29, 1.82) is 0 Å². The van der Waals surface area contributed by atoms with Crippen LogP contribution in [0.5, 0.6) is 0 Å². The quantitative estimate of drug-likeness (QED) is 0.877. The first-order valence-electron chi connectivity index (χ1n) is 7.72. The third-order valence-electron chi connectivity index (χ3n) is 3.99. The van der Waals surface area contributed by atoms with E-state index in [2.05, 4.69) is 10.4 Å². The Kier molecular flexibility index (Phi) is 5.64. The summed E-state index contributed by atoms with van der Waals surface area (Å²) in [6.45, 7) is 2.26. The van der Waals surface area contributed by atoms with Crippen LogP contribution in [0, 0.1) is 5.92 Å². The van der Waals surface area contributed by atoms with Gasteiger partial charge in [-0.1, -0.05) is 19.1 Å². The molecule has 1 unspecified atom stereocenters. The lowest BCUT2D eigenvalue weighted by Crippen LogP contribution is -2.31. The average Bonchev–Trinajstić information content (AvgIpc) is 2.95. The second-order valence-corrected chi connectivity index (χ2v) is 5.67. The summed E-state index contributed by atoms with van der Waals surface area (Å²) >= 11 is 0. The molecule has 0 bridgehead atoms. The number of aryl methyl sites for hydroxylation is 1. The smallest absolute Gasteiger partial charge is 0.350 e. The zero-order chi connectivity index (χ0) is 17.7. The Morgan fingerprint density at radius 3 is 2.42 bits per heavy atom. The number of amides is 1. The SMILES string of the molecule is CCC(Cc1ccc(C(F)(F)F)cc1)C(=O)NCc1ccnn1C. The molecule has 1 aromatic heterocycles. The summed E-state index contributed by atoms with van der Waals surface area (Å²) in [5.74, 6) is -0.395. The third-order valence-corrected chi connectivity index (χ3v) is 3.99. The molecule has 4 nitrogen and oxygen atoms in total. The number of carbonyl (C=O) groups excluding carboxylic acids is 1. The summed E-state index contributed by atoms with van der Waals surface area (Å²) in [6.07, 6.45) is -1.67. The molecule has 24 heavy (non-hydrogen) atoms. The fourth-order valence-electron chi connectivity index (χ4n) is 2.43. The Labute approximate surface area is 138 Å². The van der Waals surface area contributed by atoms with E-state index in [1.807, 2.05) is 13.0 Å². The van der Waals surface area contributed by atoms with E-state index in [0.717, 1.165) is 17.8 Å². The molecule has 0 aliphatic carbocycles. The number of alkyl halides is 3. The first-order chi connectivity index (χ1) is 11.3. The van der Waals surface area contributed by atoms with Crippen LogP contribution in [0.4, 0.5) is 13.2 Å². The number of benzene rings is 1. The largest absolute Gasteiger partial charge is 0.416 e. The number of rotatable bonds is 6. The number of hydrogen-bond donors (Lipinski definition) is 1. The van der Waals surface area contributed by atoms with Crippen molar-refractivity contribution in [2.75, 3.05) is 0 Å². The molecular formula is C17H20F3N3O. The van der Waals surface area contributed by atoms with Crippen LogP contribution in [0.25, 0.3) is 0 Å². The first-order valence-corrected chi connectivity index (χ1v) is 7.72. The Hall–Kier alpha value is -2.31. The van der Waals surface area contributed by atoms with Crippen LogP contribution in [-0.2, 0) is 31.0 Å². The van der Waals surface area contributed by atoms with Gasteiger partial charge >= 0.3 is 6.18 Å². The lowest BCUT2D eigenvalue weighted by molar-refractivity contribution is -0.137. The normalized spacial score (nSPS) is 12.9. The van der Waals surface area contributed by atoms with E-state index in [1.54, 1.807) is 17.9 Å². The molecule has 1 heterocycles. The lowest BCUT2D eigenvalue weighted by atomic mass is 9.95. The molecule has 0 saturated heterocycles. The van der Waals surface area contributed by atoms with Crippen molar-refractivity contribution in [3.8, 4) is 0 Å². The minimum absolute atomic E-state index is 0.112. The molecule has 1 amide bonds. The number of hydrogen-bond acceptors (Lipinski definition) is 2. The van der Waals surface area contributed by atoms with Crippen molar-refractivity contribution in [1.82, 2.24) is 15.1 Å². The number of nitrogens with one attached hydrogen (secondary N) is 1. The van der Waals surface area contributed by atoms with Crippen LogP contribution < -0.4 is 5.32 Å². The number of aromatic nitrogens is 2. The molecule has 130 valence electrons. The molecule has 2 rings (SSSR count). The molecule has 0 spiro atoms. The van der Waals surface area contributed by atoms with Crippen LogP contribution in [-0.4, -0.2) is 15.7 Å². The Morgan fingerprint density at radius 1 is 1.25 bits per heavy atom. The van der Waals surface area contributed by atoms with E-state index in [9.17, 15) is 18.0 Å². The van der Waals surface area contributed by atoms with Gasteiger partial charge in [-0.25, -0.2) is 0 Å². The monoisotopic (exact) mass is 339 g/mol. The van der Waals surface area contributed by atoms with Crippen LogP contribution in [0.3, 0.4) is 0 Å². The van der Waals surface area contributed by atoms with Gasteiger partial charge in [0.2, 0.25) is 5.91 Å². The Bertz CT molecular complexity index is 677. The van der Waals surface area contributed by atoms with Crippen molar-refractivity contribution in [3.63, 3.8) is 0 Å². The van der Waals surface area contributed by atoms with Gasteiger partial charge in [-0.2, -0.15) is 18.3 Å². The van der Waals surface area contributed by atoms with E-state index in [1.165, 1.54) is 12.1 Å². The highest BCUT2D eigenvalue weighted by Gasteiger charge is 2.30. The topological polar surface area (TPSA) is 46.9 Å². The summed E-state index contributed by atoms with van der Waals surface area (Å²) in [7, 11) is 1.79. The second kappa shape index (κ2) is 7.51. The molecule has 0 aliphatic heterocycles. The number of carbonyl (C=O) groups is 1. The second-order valence-electron chi connectivity index (χ2n) is 5.67. The van der Waals surface area contributed by atoms with Gasteiger partial charge in [0.1, 0.15) is 0 Å². The Balaban J connectivity index is 1.95. The van der Waals surface area contributed by atoms with Gasteiger partial charge in [0.05, 0.1) is 17.8 Å². The van der Waals surface area contributed by atoms with Gasteiger partial charge in [0.15, 0.2) is 0 Å². The first kappa shape index (κ1) is 18.0. The maximum atomic E-state index is 12.6. The standard InChI is InChI=1S/C17H20F3N3O/c1-3-13(16(24)21-11-15-8-9-22-23(15)2)10-12-4-6-14(7-5-12)17(18,19)20/h4-9,13H,3,10-11H2,1-2H3,(H,21,24). The highest BCUT2D eigenvalue weighted by Crippen LogP contribution is 2.29. The summed E-state index contributed by atoms with van der Waals surface area (Å²) in [6, 6.07) is 6.78. The molecule has 0 aliphatic rings. The zero-order valence-electron chi connectivity index (χ0n) is 13.6. The van der Waals surface area contributed by atoms with Crippen LogP contribution in [0.1, 0.15) is 30.2 Å². The van der Waals surface area contributed by atoms with E-state index in [4.69, 9.17) is 0 Å². The predicted octanol–water partition coefficient (Wildman–Crippen LogP) is 3.32. The van der Waals surface area contributed by atoms with Gasteiger partial charge in [-0.3, -0.25) is 9.48 Å². The maximum absolute atomic E-state index is 12.6. The fourth-order valence-corrected chi connectivity index (χ4v) is 2.43. The molecule has 1 N–H and O–H groups in total. The van der Waals surface area contributed by atoms with Crippen molar-refractivity contribution in [3.05, 3.63) is 53.3 Å². The van der Waals surface area contributed by atoms with Crippen LogP contribution in [0.15, 0.2) is 36.5 Å². The molecule has 7 heteroatoms. The summed E-state index contributed by atoms with van der Waals surface area (Å²) < 4.78 is 39.4. The highest BCUT2D eigenvalue weighted by atomic mass is 19.4. The molecule has 0 radical (unpaired) electrons. The maximum Gasteiger partial charge on any atom is 0.416 e. The minimum Gasteiger partial charge on any atom is -0.350 e. The van der Waals surface area contributed by atoms with Crippen molar-refractivity contribution in [2.24, 2.45) is 13.0 Å². The molecule has 2 aromatic rings. The van der Waals surface area contributed by atoms with E-state index >= 15 is 0 Å². The molecule has 0 saturated carbocycles. The van der Waals surface area contributed by atoms with Gasteiger partial charge in [0, 0.05) is 19.2 Å². The van der Waals surface area contributed by atoms with Gasteiger partial charge in [-0.05, 0) is 36.6 Å². The van der Waals surface area contributed by atoms with Crippen LogP contribution >= 0.6 is 0 Å². The van der Waals surface area contributed by atoms with Gasteiger partial charge < -0.3 is 5.32 Å². The minimum atomic E-state index is -4.34. The molecule has 0 fully saturated rings. The summed E-state index contributed by atoms with van der Waals surface area (Å²) in [5, 5.41) is 6.88. The van der Waals surface area contributed by atoms with Crippen molar-refractivity contribution < 1.29 is 18.0 Å². The van der Waals surface area contributed by atoms with E-state index in [-0.39, 0.29) is 11.8 Å². The third kappa shape index (κ3) is 4.59. The number of nitrogens with zero attached hydrogens (tertiary/aromatic N) is 2.